The number of benzene rings is 2. The van der Waals surface area contributed by atoms with Gasteiger partial charge in [-0.2, -0.15) is 4.68 Å². The van der Waals surface area contributed by atoms with Crippen LogP contribution in [0.5, 0.6) is 0 Å². The lowest BCUT2D eigenvalue weighted by Gasteiger charge is -2.35. The summed E-state index contributed by atoms with van der Waals surface area (Å²) >= 11 is 0. The molecule has 2 aliphatic rings. The van der Waals surface area contributed by atoms with Gasteiger partial charge in [0.25, 0.3) is 0 Å². The number of nitrogens with zero attached hydrogens (tertiary/aromatic N) is 7. The average Bonchev–Trinajstić information content (AvgIpc) is 3.47. The molecule has 1 aromatic heterocycles. The number of rotatable bonds is 5. The number of tetrazole rings is 1. The predicted molar refractivity (Wildman–Crippen MR) is 127 cm³/mol. The Morgan fingerprint density at radius 1 is 1.03 bits per heavy atom. The van der Waals surface area contributed by atoms with Gasteiger partial charge in [0.15, 0.2) is 5.82 Å². The lowest BCUT2D eigenvalue weighted by molar-refractivity contribution is -0.137. The van der Waals surface area contributed by atoms with E-state index in [-0.39, 0.29) is 30.0 Å². The van der Waals surface area contributed by atoms with Crippen LogP contribution in [0.1, 0.15) is 23.4 Å². The molecule has 35 heavy (non-hydrogen) atoms. The summed E-state index contributed by atoms with van der Waals surface area (Å²) < 4.78 is 15.2. The highest BCUT2D eigenvalue weighted by Gasteiger charge is 2.38. The first-order valence-corrected chi connectivity index (χ1v) is 11.8. The lowest BCUT2D eigenvalue weighted by atomic mass is 10.1. The molecule has 1 atom stereocenters. The predicted octanol–water partition coefficient (Wildman–Crippen LogP) is 2.12. The Bertz CT molecular complexity index is 1250. The molecule has 182 valence electrons. The second-order valence-corrected chi connectivity index (χ2v) is 9.26. The summed E-state index contributed by atoms with van der Waals surface area (Å²) in [5.74, 6) is -0.0300. The van der Waals surface area contributed by atoms with Gasteiger partial charge in [0, 0.05) is 44.8 Å². The molecule has 2 fully saturated rings. The van der Waals surface area contributed by atoms with Crippen molar-refractivity contribution in [2.45, 2.75) is 26.8 Å². The molecule has 2 aliphatic heterocycles. The van der Waals surface area contributed by atoms with Gasteiger partial charge in [0.2, 0.25) is 11.8 Å². The molecule has 0 spiro atoms. The highest BCUT2D eigenvalue weighted by molar-refractivity contribution is 6.00. The van der Waals surface area contributed by atoms with E-state index in [1.165, 1.54) is 22.4 Å². The molecule has 2 saturated heterocycles. The molecule has 0 bridgehead atoms. The number of anilines is 1. The van der Waals surface area contributed by atoms with Crippen molar-refractivity contribution >= 4 is 17.5 Å². The largest absolute Gasteiger partial charge is 0.340 e. The SMILES string of the molecule is Cc1ccc(N2CC(C(=O)N3CCN(Cc4nnnn4-c4cccc(F)c4)CC3)CC2=O)cc1C. The van der Waals surface area contributed by atoms with Crippen LogP contribution in [-0.4, -0.2) is 74.5 Å². The normalized spacial score (nSPS) is 18.9. The van der Waals surface area contributed by atoms with Crippen LogP contribution in [0, 0.1) is 25.6 Å². The number of piperazine rings is 1. The van der Waals surface area contributed by atoms with E-state index in [0.717, 1.165) is 11.3 Å². The Morgan fingerprint density at radius 3 is 2.57 bits per heavy atom. The molecular weight excluding hydrogens is 449 g/mol. The van der Waals surface area contributed by atoms with Crippen molar-refractivity contribution in [1.82, 2.24) is 30.0 Å². The van der Waals surface area contributed by atoms with Gasteiger partial charge in [-0.15, -0.1) is 5.10 Å². The van der Waals surface area contributed by atoms with E-state index in [2.05, 4.69) is 20.4 Å². The average molecular weight is 478 g/mol. The van der Waals surface area contributed by atoms with E-state index in [0.29, 0.717) is 50.8 Å². The smallest absolute Gasteiger partial charge is 0.228 e. The molecule has 0 saturated carbocycles. The van der Waals surface area contributed by atoms with Crippen LogP contribution in [0.2, 0.25) is 0 Å². The van der Waals surface area contributed by atoms with Gasteiger partial charge in [-0.25, -0.2) is 4.39 Å². The first-order chi connectivity index (χ1) is 16.9. The highest BCUT2D eigenvalue weighted by Crippen LogP contribution is 2.28. The quantitative estimate of drug-likeness (QED) is 0.560. The highest BCUT2D eigenvalue weighted by atomic mass is 19.1. The Balaban J connectivity index is 1.18. The molecule has 5 rings (SSSR count). The fourth-order valence-electron chi connectivity index (χ4n) is 4.71. The van der Waals surface area contributed by atoms with Crippen LogP contribution in [0.15, 0.2) is 42.5 Å². The molecule has 3 aromatic rings. The number of aromatic nitrogens is 4. The van der Waals surface area contributed by atoms with Crippen molar-refractivity contribution in [2.24, 2.45) is 5.92 Å². The molecule has 10 heteroatoms. The summed E-state index contributed by atoms with van der Waals surface area (Å²) in [6, 6.07) is 12.1. The molecule has 2 aromatic carbocycles. The standard InChI is InChI=1S/C25H28FN7O2/c1-17-6-7-21(12-18(17)2)32-15-19(13-24(32)34)25(35)31-10-8-30(9-11-31)16-23-27-28-29-33(23)22-5-3-4-20(26)14-22/h3-7,12,14,19H,8-11,13,15-16H2,1-2H3. The second-order valence-electron chi connectivity index (χ2n) is 9.26. The Kier molecular flexibility index (Phi) is 6.29. The number of amides is 2. The van der Waals surface area contributed by atoms with Crippen molar-refractivity contribution < 1.29 is 14.0 Å². The van der Waals surface area contributed by atoms with Gasteiger partial charge in [0.05, 0.1) is 18.2 Å². The Morgan fingerprint density at radius 2 is 1.83 bits per heavy atom. The van der Waals surface area contributed by atoms with Crippen LogP contribution in [-0.2, 0) is 16.1 Å². The third kappa shape index (κ3) is 4.79. The maximum atomic E-state index is 13.6. The van der Waals surface area contributed by atoms with Crippen molar-refractivity contribution in [1.29, 1.82) is 0 Å². The zero-order valence-corrected chi connectivity index (χ0v) is 19.9. The van der Waals surface area contributed by atoms with E-state index in [1.54, 1.807) is 17.0 Å². The third-order valence-electron chi connectivity index (χ3n) is 6.91. The molecule has 3 heterocycles. The summed E-state index contributed by atoms with van der Waals surface area (Å²) in [6.45, 7) is 7.48. The first-order valence-electron chi connectivity index (χ1n) is 11.8. The number of carbonyl (C=O) groups excluding carboxylic acids is 2. The summed E-state index contributed by atoms with van der Waals surface area (Å²) in [5, 5.41) is 11.9. The Labute approximate surface area is 203 Å². The summed E-state index contributed by atoms with van der Waals surface area (Å²) in [7, 11) is 0. The number of aryl methyl sites for hydroxylation is 2. The number of halogens is 1. The first kappa shape index (κ1) is 23.1. The molecule has 0 aliphatic carbocycles. The van der Waals surface area contributed by atoms with Gasteiger partial charge < -0.3 is 9.80 Å². The van der Waals surface area contributed by atoms with Crippen LogP contribution in [0.3, 0.4) is 0 Å². The van der Waals surface area contributed by atoms with E-state index in [1.807, 2.05) is 36.9 Å². The second kappa shape index (κ2) is 9.53. The maximum Gasteiger partial charge on any atom is 0.228 e. The summed E-state index contributed by atoms with van der Waals surface area (Å²) in [6.07, 6.45) is 0.244. The van der Waals surface area contributed by atoms with Crippen LogP contribution >= 0.6 is 0 Å². The van der Waals surface area contributed by atoms with Crippen LogP contribution in [0.25, 0.3) is 5.69 Å². The summed E-state index contributed by atoms with van der Waals surface area (Å²) in [4.78, 5) is 31.6. The molecular formula is C25H28FN7O2. The van der Waals surface area contributed by atoms with Gasteiger partial charge >= 0.3 is 0 Å². The topological polar surface area (TPSA) is 87.5 Å². The van der Waals surface area contributed by atoms with Crippen molar-refractivity contribution in [3.05, 3.63) is 65.2 Å². The van der Waals surface area contributed by atoms with E-state index in [4.69, 9.17) is 0 Å². The number of carbonyl (C=O) groups is 2. The third-order valence-corrected chi connectivity index (χ3v) is 6.91. The summed E-state index contributed by atoms with van der Waals surface area (Å²) in [5.41, 5.74) is 3.73. The number of hydrogen-bond acceptors (Lipinski definition) is 6. The van der Waals surface area contributed by atoms with E-state index < -0.39 is 0 Å². The van der Waals surface area contributed by atoms with Gasteiger partial charge in [0.1, 0.15) is 5.82 Å². The van der Waals surface area contributed by atoms with E-state index in [9.17, 15) is 14.0 Å². The Hall–Kier alpha value is -3.66. The van der Waals surface area contributed by atoms with E-state index >= 15 is 0 Å². The fourth-order valence-corrected chi connectivity index (χ4v) is 4.71. The molecule has 0 radical (unpaired) electrons. The minimum atomic E-state index is -0.349. The lowest BCUT2D eigenvalue weighted by Crippen LogP contribution is -2.50. The number of hydrogen-bond donors (Lipinski definition) is 0. The van der Waals surface area contributed by atoms with Gasteiger partial charge in [-0.1, -0.05) is 12.1 Å². The van der Waals surface area contributed by atoms with Crippen LogP contribution in [0.4, 0.5) is 10.1 Å². The molecule has 1 unspecified atom stereocenters. The molecule has 9 nitrogen and oxygen atoms in total. The zero-order chi connectivity index (χ0) is 24.5. The maximum absolute atomic E-state index is 13.6. The van der Waals surface area contributed by atoms with Gasteiger partial charge in [-0.3, -0.25) is 14.5 Å². The van der Waals surface area contributed by atoms with Crippen molar-refractivity contribution in [3.63, 3.8) is 0 Å². The fraction of sp³-hybridized carbons (Fsp3) is 0.400. The minimum absolute atomic E-state index is 0.00516. The zero-order valence-electron chi connectivity index (χ0n) is 19.9. The van der Waals surface area contributed by atoms with Crippen molar-refractivity contribution in [3.8, 4) is 5.69 Å². The monoisotopic (exact) mass is 477 g/mol. The van der Waals surface area contributed by atoms with Crippen molar-refractivity contribution in [2.75, 3.05) is 37.6 Å². The minimum Gasteiger partial charge on any atom is -0.340 e. The molecule has 0 N–H and O–H groups in total. The van der Waals surface area contributed by atoms with Crippen LogP contribution < -0.4 is 4.90 Å². The molecule has 2 amide bonds. The van der Waals surface area contributed by atoms with Gasteiger partial charge in [-0.05, 0) is 65.7 Å².